The van der Waals surface area contributed by atoms with E-state index in [2.05, 4.69) is 5.32 Å². The molecule has 1 amide bonds. The Balaban J connectivity index is 2.01. The first-order chi connectivity index (χ1) is 15.6. The zero-order chi connectivity index (χ0) is 24.6. The minimum absolute atomic E-state index is 0.161. The van der Waals surface area contributed by atoms with E-state index in [0.717, 1.165) is 11.8 Å². The molecule has 33 heavy (non-hydrogen) atoms. The molecule has 1 atom stereocenters. The molecule has 1 N–H and O–H groups in total. The summed E-state index contributed by atoms with van der Waals surface area (Å²) in [5.74, 6) is 1.14. The summed E-state index contributed by atoms with van der Waals surface area (Å²) < 4.78 is 37.2. The molecule has 0 aliphatic heterocycles. The molecule has 0 spiro atoms. The lowest BCUT2D eigenvalue weighted by atomic mass is 10.1. The normalized spacial score (nSPS) is 12.2. The van der Waals surface area contributed by atoms with Crippen molar-refractivity contribution in [1.29, 1.82) is 0 Å². The Labute approximate surface area is 202 Å². The Hall–Kier alpha value is -2.45. The van der Waals surface area contributed by atoms with Crippen molar-refractivity contribution in [3.63, 3.8) is 0 Å². The molecule has 0 aliphatic carbocycles. The largest absolute Gasteiger partial charge is 0.490 e. The first-order valence-corrected chi connectivity index (χ1v) is 13.2. The number of benzene rings is 2. The van der Waals surface area contributed by atoms with Gasteiger partial charge in [0.25, 0.3) is 0 Å². The van der Waals surface area contributed by atoms with Gasteiger partial charge in [-0.25, -0.2) is 8.42 Å². The molecular weight excluding hydrogens is 464 g/mol. The molecule has 2 rings (SSSR count). The Morgan fingerprint density at radius 2 is 1.79 bits per heavy atom. The van der Waals surface area contributed by atoms with Gasteiger partial charge in [-0.3, -0.25) is 9.10 Å². The molecule has 0 radical (unpaired) electrons. The molecule has 0 aromatic heterocycles. The van der Waals surface area contributed by atoms with Gasteiger partial charge in [-0.2, -0.15) is 0 Å². The minimum Gasteiger partial charge on any atom is -0.490 e. The van der Waals surface area contributed by atoms with Gasteiger partial charge in [-0.15, -0.1) is 0 Å². The molecule has 0 fully saturated rings. The van der Waals surface area contributed by atoms with Crippen molar-refractivity contribution >= 4 is 33.2 Å². The monoisotopic (exact) mass is 496 g/mol. The van der Waals surface area contributed by atoms with Gasteiger partial charge in [0.2, 0.25) is 15.9 Å². The quantitative estimate of drug-likeness (QED) is 0.453. The van der Waals surface area contributed by atoms with Crippen molar-refractivity contribution < 1.29 is 22.7 Å². The molecule has 2 aromatic carbocycles. The number of rotatable bonds is 12. The summed E-state index contributed by atoms with van der Waals surface area (Å²) in [7, 11) is -3.52. The third-order valence-electron chi connectivity index (χ3n) is 5.12. The summed E-state index contributed by atoms with van der Waals surface area (Å²) in [6, 6.07) is 10.5. The molecule has 0 heterocycles. The van der Waals surface area contributed by atoms with Crippen molar-refractivity contribution in [3.8, 4) is 11.5 Å². The van der Waals surface area contributed by atoms with Crippen LogP contribution in [0.15, 0.2) is 36.4 Å². The average molecular weight is 497 g/mol. The highest BCUT2D eigenvalue weighted by molar-refractivity contribution is 7.92. The summed E-state index contributed by atoms with van der Waals surface area (Å²) >= 11 is 6.16. The lowest BCUT2D eigenvalue weighted by molar-refractivity contribution is -0.121. The van der Waals surface area contributed by atoms with Crippen molar-refractivity contribution in [2.75, 3.05) is 30.3 Å². The Kier molecular flexibility index (Phi) is 9.86. The SMILES string of the molecule is CCOc1ccc([C@H](C)NC(=O)CCCN(c2cccc(Cl)c2C)S(C)(=O)=O)cc1OCC. The maximum atomic E-state index is 12.5. The van der Waals surface area contributed by atoms with Gasteiger partial charge >= 0.3 is 0 Å². The topological polar surface area (TPSA) is 84.9 Å². The van der Waals surface area contributed by atoms with Crippen LogP contribution in [0.4, 0.5) is 5.69 Å². The highest BCUT2D eigenvalue weighted by Gasteiger charge is 2.21. The Bertz CT molecular complexity index is 1060. The van der Waals surface area contributed by atoms with Crippen molar-refractivity contribution in [2.24, 2.45) is 0 Å². The van der Waals surface area contributed by atoms with E-state index in [4.69, 9.17) is 21.1 Å². The molecule has 182 valence electrons. The summed E-state index contributed by atoms with van der Waals surface area (Å²) in [4.78, 5) is 12.5. The number of halogens is 1. The van der Waals surface area contributed by atoms with E-state index in [1.807, 2.05) is 39.0 Å². The van der Waals surface area contributed by atoms with Crippen LogP contribution in [-0.4, -0.2) is 40.3 Å². The van der Waals surface area contributed by atoms with Crippen LogP contribution in [0.3, 0.4) is 0 Å². The van der Waals surface area contributed by atoms with Gasteiger partial charge in [0.05, 0.1) is 31.2 Å². The number of ether oxygens (including phenoxy) is 2. The van der Waals surface area contributed by atoms with Crippen LogP contribution in [0.25, 0.3) is 0 Å². The van der Waals surface area contributed by atoms with Crippen LogP contribution < -0.4 is 19.1 Å². The van der Waals surface area contributed by atoms with Crippen LogP contribution in [0.2, 0.25) is 5.02 Å². The zero-order valence-electron chi connectivity index (χ0n) is 19.9. The number of hydrogen-bond acceptors (Lipinski definition) is 5. The molecule has 0 aliphatic rings. The summed E-state index contributed by atoms with van der Waals surface area (Å²) in [5.41, 5.74) is 2.10. The zero-order valence-corrected chi connectivity index (χ0v) is 21.4. The number of sulfonamides is 1. The number of carbonyl (C=O) groups excluding carboxylic acids is 1. The van der Waals surface area contributed by atoms with E-state index >= 15 is 0 Å². The van der Waals surface area contributed by atoms with Crippen LogP contribution >= 0.6 is 11.6 Å². The fraction of sp³-hybridized carbons (Fsp3) is 0.458. The standard InChI is InChI=1S/C24H33ClN2O5S/c1-6-31-22-14-13-19(16-23(22)32-7-2)18(4)26-24(28)12-9-15-27(33(5,29)30)21-11-8-10-20(25)17(21)3/h8,10-11,13-14,16,18H,6-7,9,12,15H2,1-5H3,(H,26,28)/t18-/m0/s1. The lowest BCUT2D eigenvalue weighted by Crippen LogP contribution is -2.33. The predicted molar refractivity (Wildman–Crippen MR) is 133 cm³/mol. The van der Waals surface area contributed by atoms with Crippen LogP contribution in [-0.2, 0) is 14.8 Å². The highest BCUT2D eigenvalue weighted by Crippen LogP contribution is 2.31. The fourth-order valence-corrected chi connectivity index (χ4v) is 4.63. The van der Waals surface area contributed by atoms with E-state index in [-0.39, 0.29) is 24.9 Å². The van der Waals surface area contributed by atoms with Gasteiger partial charge in [-0.05, 0) is 69.5 Å². The van der Waals surface area contributed by atoms with Gasteiger partial charge in [0.15, 0.2) is 11.5 Å². The van der Waals surface area contributed by atoms with E-state index in [9.17, 15) is 13.2 Å². The second-order valence-electron chi connectivity index (χ2n) is 7.68. The van der Waals surface area contributed by atoms with Crippen LogP contribution in [0.1, 0.15) is 50.8 Å². The third kappa shape index (κ3) is 7.54. The number of nitrogens with zero attached hydrogens (tertiary/aromatic N) is 1. The number of anilines is 1. The van der Waals surface area contributed by atoms with Gasteiger partial charge in [-0.1, -0.05) is 23.7 Å². The Morgan fingerprint density at radius 1 is 1.12 bits per heavy atom. The molecule has 2 aromatic rings. The highest BCUT2D eigenvalue weighted by atomic mass is 35.5. The molecule has 0 unspecified atom stereocenters. The number of hydrogen-bond donors (Lipinski definition) is 1. The first kappa shape index (κ1) is 26.8. The second kappa shape index (κ2) is 12.1. The van der Waals surface area contributed by atoms with Gasteiger partial charge < -0.3 is 14.8 Å². The number of amides is 1. The molecular formula is C24H33ClN2O5S. The smallest absolute Gasteiger partial charge is 0.232 e. The number of nitrogens with one attached hydrogen (secondary N) is 1. The average Bonchev–Trinajstić information content (AvgIpc) is 2.74. The third-order valence-corrected chi connectivity index (χ3v) is 6.71. The fourth-order valence-electron chi connectivity index (χ4n) is 3.45. The summed E-state index contributed by atoms with van der Waals surface area (Å²) in [5, 5.41) is 3.46. The van der Waals surface area contributed by atoms with Crippen molar-refractivity contribution in [2.45, 2.75) is 46.6 Å². The number of carbonyl (C=O) groups is 1. The Morgan fingerprint density at radius 3 is 2.42 bits per heavy atom. The van der Waals surface area contributed by atoms with E-state index < -0.39 is 10.0 Å². The van der Waals surface area contributed by atoms with Crippen molar-refractivity contribution in [3.05, 3.63) is 52.5 Å². The maximum absolute atomic E-state index is 12.5. The van der Waals surface area contributed by atoms with E-state index in [1.165, 1.54) is 4.31 Å². The van der Waals surface area contributed by atoms with E-state index in [0.29, 0.717) is 47.4 Å². The predicted octanol–water partition coefficient (Wildman–Crippen LogP) is 4.87. The van der Waals surface area contributed by atoms with Gasteiger partial charge in [0, 0.05) is 18.0 Å². The van der Waals surface area contributed by atoms with E-state index in [1.54, 1.807) is 25.1 Å². The molecule has 0 saturated carbocycles. The molecule has 7 nitrogen and oxygen atoms in total. The van der Waals surface area contributed by atoms with Crippen molar-refractivity contribution in [1.82, 2.24) is 5.32 Å². The summed E-state index contributed by atoms with van der Waals surface area (Å²) in [6.45, 7) is 8.69. The van der Waals surface area contributed by atoms with Gasteiger partial charge in [0.1, 0.15) is 0 Å². The summed E-state index contributed by atoms with van der Waals surface area (Å²) in [6.07, 6.45) is 1.70. The van der Waals surface area contributed by atoms with Crippen LogP contribution in [0.5, 0.6) is 11.5 Å². The van der Waals surface area contributed by atoms with Crippen LogP contribution in [0, 0.1) is 6.92 Å². The minimum atomic E-state index is -3.52. The lowest BCUT2D eigenvalue weighted by Gasteiger charge is -2.24. The molecule has 0 saturated heterocycles. The second-order valence-corrected chi connectivity index (χ2v) is 10.00. The molecule has 9 heteroatoms. The maximum Gasteiger partial charge on any atom is 0.232 e. The first-order valence-electron chi connectivity index (χ1n) is 11.0. The molecule has 0 bridgehead atoms.